The molecule has 0 aromatic heterocycles. The number of carboxylic acid groups (broad SMARTS) is 2. The number of carbonyl (C=O) groups excluding carboxylic acids is 2. The third-order valence-corrected chi connectivity index (χ3v) is 1.91. The van der Waals surface area contributed by atoms with Crippen LogP contribution >= 0.6 is 0 Å². The van der Waals surface area contributed by atoms with Crippen LogP contribution in [0.4, 0.5) is 0 Å². The number of likely N-dealkylation sites (N-methyl/N-ethyl adjacent to an activating group) is 1. The zero-order valence-electron chi connectivity index (χ0n) is 9.54. The summed E-state index contributed by atoms with van der Waals surface area (Å²) in [6.07, 6.45) is 0. The summed E-state index contributed by atoms with van der Waals surface area (Å²) in [4.78, 5) is 45.0. The first-order chi connectivity index (χ1) is 7.73. The van der Waals surface area contributed by atoms with Gasteiger partial charge in [-0.2, -0.15) is 0 Å². The zero-order chi connectivity index (χ0) is 13.6. The van der Waals surface area contributed by atoms with E-state index < -0.39 is 30.9 Å². The van der Waals surface area contributed by atoms with E-state index in [0.29, 0.717) is 4.90 Å². The number of amides is 2. The summed E-state index contributed by atoms with van der Waals surface area (Å²) in [5.74, 6) is -3.73. The van der Waals surface area contributed by atoms with E-state index in [9.17, 15) is 19.2 Å². The molecule has 0 radical (unpaired) electrons. The third kappa shape index (κ3) is 6.13. The third-order valence-electron chi connectivity index (χ3n) is 1.91. The predicted molar refractivity (Wildman–Crippen MR) is 55.2 cm³/mol. The van der Waals surface area contributed by atoms with Gasteiger partial charge in [0.25, 0.3) is 0 Å². The van der Waals surface area contributed by atoms with Crippen molar-refractivity contribution in [2.45, 2.75) is 6.92 Å². The van der Waals surface area contributed by atoms with E-state index in [1.54, 1.807) is 0 Å². The largest absolute Gasteiger partial charge is 0.480 e. The summed E-state index contributed by atoms with van der Waals surface area (Å²) in [6, 6.07) is 0. The molecule has 8 heteroatoms. The molecule has 2 amide bonds. The Bertz CT molecular complexity index is 324. The molecular weight excluding hydrogens is 232 g/mol. The maximum atomic E-state index is 11.5. The van der Waals surface area contributed by atoms with Crippen LogP contribution in [0.5, 0.6) is 0 Å². The molecule has 8 nitrogen and oxygen atoms in total. The molecule has 0 saturated carbocycles. The highest BCUT2D eigenvalue weighted by molar-refractivity contribution is 5.88. The van der Waals surface area contributed by atoms with Crippen molar-refractivity contribution in [3.8, 4) is 0 Å². The fourth-order valence-electron chi connectivity index (χ4n) is 0.973. The molecule has 2 N–H and O–H groups in total. The van der Waals surface area contributed by atoms with Crippen LogP contribution in [0.1, 0.15) is 6.92 Å². The number of carbonyl (C=O) groups is 4. The van der Waals surface area contributed by atoms with Crippen molar-refractivity contribution >= 4 is 23.8 Å². The molecule has 0 aromatic rings. The van der Waals surface area contributed by atoms with Gasteiger partial charge in [0.1, 0.15) is 13.1 Å². The quantitative estimate of drug-likeness (QED) is 0.587. The molecule has 17 heavy (non-hydrogen) atoms. The van der Waals surface area contributed by atoms with Crippen molar-refractivity contribution in [1.29, 1.82) is 0 Å². The highest BCUT2D eigenvalue weighted by Crippen LogP contribution is 1.94. The maximum absolute atomic E-state index is 11.5. The molecule has 0 aliphatic heterocycles. The Hall–Kier alpha value is -2.12. The van der Waals surface area contributed by atoms with E-state index in [0.717, 1.165) is 4.90 Å². The molecule has 0 atom stereocenters. The number of hydrogen-bond acceptors (Lipinski definition) is 4. The number of nitrogens with zero attached hydrogens (tertiary/aromatic N) is 2. The van der Waals surface area contributed by atoms with E-state index in [2.05, 4.69) is 0 Å². The fourth-order valence-corrected chi connectivity index (χ4v) is 0.973. The topological polar surface area (TPSA) is 115 Å². The predicted octanol–water partition coefficient (Wildman–Crippen LogP) is -1.54. The second-order valence-electron chi connectivity index (χ2n) is 3.41. The van der Waals surface area contributed by atoms with E-state index in [-0.39, 0.29) is 12.5 Å². The lowest BCUT2D eigenvalue weighted by Crippen LogP contribution is -2.45. The van der Waals surface area contributed by atoms with Gasteiger partial charge in [0, 0.05) is 14.0 Å². The van der Waals surface area contributed by atoms with Gasteiger partial charge in [0.15, 0.2) is 0 Å². The average molecular weight is 246 g/mol. The van der Waals surface area contributed by atoms with Crippen LogP contribution in [0.25, 0.3) is 0 Å². The normalized spacial score (nSPS) is 9.53. The Kier molecular flexibility index (Phi) is 5.65. The van der Waals surface area contributed by atoms with Crippen LogP contribution in [0.2, 0.25) is 0 Å². The number of hydrogen-bond donors (Lipinski definition) is 2. The van der Waals surface area contributed by atoms with Crippen LogP contribution in [-0.4, -0.2) is 70.4 Å². The van der Waals surface area contributed by atoms with Crippen LogP contribution in [0.3, 0.4) is 0 Å². The number of aliphatic carboxylic acids is 2. The Labute approximate surface area is 97.4 Å². The van der Waals surface area contributed by atoms with Crippen LogP contribution in [-0.2, 0) is 19.2 Å². The van der Waals surface area contributed by atoms with Crippen molar-refractivity contribution in [2.75, 3.05) is 26.7 Å². The Morgan fingerprint density at radius 3 is 1.65 bits per heavy atom. The maximum Gasteiger partial charge on any atom is 0.323 e. The van der Waals surface area contributed by atoms with E-state index >= 15 is 0 Å². The van der Waals surface area contributed by atoms with Crippen molar-refractivity contribution in [2.24, 2.45) is 0 Å². The summed E-state index contributed by atoms with van der Waals surface area (Å²) in [5, 5.41) is 17.0. The smallest absolute Gasteiger partial charge is 0.323 e. The van der Waals surface area contributed by atoms with Gasteiger partial charge in [-0.15, -0.1) is 0 Å². The molecule has 0 aliphatic carbocycles. The van der Waals surface area contributed by atoms with Gasteiger partial charge >= 0.3 is 11.9 Å². The Morgan fingerprint density at radius 1 is 0.941 bits per heavy atom. The Morgan fingerprint density at radius 2 is 1.35 bits per heavy atom. The molecule has 0 spiro atoms. The van der Waals surface area contributed by atoms with Crippen LogP contribution < -0.4 is 0 Å². The minimum atomic E-state index is -1.31. The molecular formula is C9H14N2O6. The molecule has 0 saturated heterocycles. The Balaban J connectivity index is 4.57. The van der Waals surface area contributed by atoms with Gasteiger partial charge in [-0.1, -0.05) is 0 Å². The van der Waals surface area contributed by atoms with Gasteiger partial charge < -0.3 is 20.0 Å². The first-order valence-electron chi connectivity index (χ1n) is 4.67. The molecule has 0 unspecified atom stereocenters. The SMILES string of the molecule is CC(=O)N(C)CC(=O)N(CC(=O)O)CC(=O)O. The second-order valence-corrected chi connectivity index (χ2v) is 3.41. The van der Waals surface area contributed by atoms with Crippen molar-refractivity contribution in [3.05, 3.63) is 0 Å². The minimum absolute atomic E-state index is 0.351. The average Bonchev–Trinajstić information content (AvgIpc) is 2.14. The fraction of sp³-hybridized carbons (Fsp3) is 0.556. The lowest BCUT2D eigenvalue weighted by molar-refractivity contribution is -0.150. The summed E-state index contributed by atoms with van der Waals surface area (Å²) >= 11 is 0. The van der Waals surface area contributed by atoms with Gasteiger partial charge in [0.05, 0.1) is 6.54 Å². The summed E-state index contributed by atoms with van der Waals surface area (Å²) in [5.41, 5.74) is 0. The lowest BCUT2D eigenvalue weighted by atomic mass is 10.4. The van der Waals surface area contributed by atoms with E-state index in [1.807, 2.05) is 0 Å². The van der Waals surface area contributed by atoms with Crippen LogP contribution in [0, 0.1) is 0 Å². The number of rotatable bonds is 6. The van der Waals surface area contributed by atoms with Gasteiger partial charge in [0.2, 0.25) is 11.8 Å². The summed E-state index contributed by atoms with van der Waals surface area (Å²) < 4.78 is 0. The van der Waals surface area contributed by atoms with E-state index in [1.165, 1.54) is 14.0 Å². The first kappa shape index (κ1) is 14.9. The molecule has 0 bridgehead atoms. The summed E-state index contributed by atoms with van der Waals surface area (Å²) in [6.45, 7) is -0.532. The van der Waals surface area contributed by atoms with Crippen LogP contribution in [0.15, 0.2) is 0 Å². The molecule has 0 rings (SSSR count). The van der Waals surface area contributed by atoms with Crippen molar-refractivity contribution in [3.63, 3.8) is 0 Å². The van der Waals surface area contributed by atoms with Gasteiger partial charge in [-0.05, 0) is 0 Å². The van der Waals surface area contributed by atoms with Crippen molar-refractivity contribution < 1.29 is 29.4 Å². The molecule has 0 fully saturated rings. The molecule has 0 aromatic carbocycles. The first-order valence-corrected chi connectivity index (χ1v) is 4.67. The van der Waals surface area contributed by atoms with Gasteiger partial charge in [-0.25, -0.2) is 0 Å². The monoisotopic (exact) mass is 246 g/mol. The number of carboxylic acids is 2. The standard InChI is InChI=1S/C9H14N2O6/c1-6(12)10(2)3-7(13)11(4-8(14)15)5-9(16)17/h3-5H2,1-2H3,(H,14,15)(H,16,17). The summed E-state index contributed by atoms with van der Waals surface area (Å²) in [7, 11) is 1.36. The molecule has 96 valence electrons. The van der Waals surface area contributed by atoms with E-state index in [4.69, 9.17) is 10.2 Å². The second kappa shape index (κ2) is 6.46. The lowest BCUT2D eigenvalue weighted by Gasteiger charge is -2.21. The molecule has 0 heterocycles. The van der Waals surface area contributed by atoms with Gasteiger partial charge in [-0.3, -0.25) is 19.2 Å². The molecule has 0 aliphatic rings. The highest BCUT2D eigenvalue weighted by atomic mass is 16.4. The highest BCUT2D eigenvalue weighted by Gasteiger charge is 2.21. The minimum Gasteiger partial charge on any atom is -0.480 e. The van der Waals surface area contributed by atoms with Crippen molar-refractivity contribution in [1.82, 2.24) is 9.80 Å². The zero-order valence-corrected chi connectivity index (χ0v) is 9.54.